The van der Waals surface area contributed by atoms with E-state index in [1.54, 1.807) is 0 Å². The van der Waals surface area contributed by atoms with Crippen LogP contribution in [0.4, 0.5) is 5.69 Å². The highest BCUT2D eigenvalue weighted by Crippen LogP contribution is 2.23. The maximum absolute atomic E-state index is 12.9. The van der Waals surface area contributed by atoms with Gasteiger partial charge in [0.2, 0.25) is 17.6 Å². The molecule has 1 atom stereocenters. The molecule has 0 saturated carbocycles. The second-order valence-corrected chi connectivity index (χ2v) is 9.83. The largest absolute Gasteiger partial charge is 0.372 e. The number of anilines is 1. The standard InChI is InChI=1S/C28H35N5O2/c1-21-8-3-4-10-25(21)27-30-26(35-31-27)20-32-15-7-9-23(19-32)28(34)29-18-22-11-13-24(14-12-22)33-16-5-2-6-17-33/h3-4,8,10-14,23H,2,5-7,9,15-20H2,1H3,(H,29,34). The minimum absolute atomic E-state index is 0.0184. The number of likely N-dealkylation sites (tertiary alicyclic amines) is 1. The highest BCUT2D eigenvalue weighted by Gasteiger charge is 2.27. The molecule has 7 nitrogen and oxygen atoms in total. The van der Waals surface area contributed by atoms with Gasteiger partial charge in [0.25, 0.3) is 0 Å². The zero-order valence-corrected chi connectivity index (χ0v) is 20.6. The lowest BCUT2D eigenvalue weighted by molar-refractivity contribution is -0.127. The topological polar surface area (TPSA) is 74.5 Å². The van der Waals surface area contributed by atoms with Crippen molar-refractivity contribution in [2.45, 2.75) is 52.1 Å². The third-order valence-corrected chi connectivity index (χ3v) is 7.21. The van der Waals surface area contributed by atoms with Gasteiger partial charge in [-0.15, -0.1) is 0 Å². The summed E-state index contributed by atoms with van der Waals surface area (Å²) >= 11 is 0. The lowest BCUT2D eigenvalue weighted by Crippen LogP contribution is -2.42. The van der Waals surface area contributed by atoms with E-state index in [0.29, 0.717) is 31.3 Å². The van der Waals surface area contributed by atoms with Crippen molar-refractivity contribution < 1.29 is 9.32 Å². The minimum atomic E-state index is -0.0184. The Labute approximate surface area is 207 Å². The van der Waals surface area contributed by atoms with Crippen LogP contribution in [0, 0.1) is 12.8 Å². The smallest absolute Gasteiger partial charge is 0.241 e. The van der Waals surface area contributed by atoms with E-state index in [1.807, 2.05) is 31.2 Å². The van der Waals surface area contributed by atoms with Gasteiger partial charge in [-0.25, -0.2) is 0 Å². The van der Waals surface area contributed by atoms with Gasteiger partial charge in [-0.1, -0.05) is 41.6 Å². The summed E-state index contributed by atoms with van der Waals surface area (Å²) in [6, 6.07) is 16.7. The first-order valence-corrected chi connectivity index (χ1v) is 12.9. The molecule has 0 aliphatic carbocycles. The lowest BCUT2D eigenvalue weighted by atomic mass is 9.97. The van der Waals surface area contributed by atoms with E-state index in [-0.39, 0.29) is 11.8 Å². The van der Waals surface area contributed by atoms with E-state index in [4.69, 9.17) is 4.52 Å². The fourth-order valence-electron chi connectivity index (χ4n) is 5.17. The second kappa shape index (κ2) is 11.0. The Hall–Kier alpha value is -3.19. The van der Waals surface area contributed by atoms with E-state index >= 15 is 0 Å². The number of nitrogens with one attached hydrogen (secondary N) is 1. The summed E-state index contributed by atoms with van der Waals surface area (Å²) in [4.78, 5) is 22.2. The van der Waals surface area contributed by atoms with Gasteiger partial charge >= 0.3 is 0 Å². The summed E-state index contributed by atoms with van der Waals surface area (Å²) in [6.07, 6.45) is 5.78. The van der Waals surface area contributed by atoms with Crippen LogP contribution in [-0.4, -0.2) is 47.1 Å². The minimum Gasteiger partial charge on any atom is -0.372 e. The monoisotopic (exact) mass is 473 g/mol. The maximum atomic E-state index is 12.9. The average molecular weight is 474 g/mol. The normalized spacial score (nSPS) is 19.0. The number of nitrogens with zero attached hydrogens (tertiary/aromatic N) is 4. The SMILES string of the molecule is Cc1ccccc1-c1noc(CN2CCCC(C(=O)NCc3ccc(N4CCCCC4)cc3)C2)n1. The molecule has 2 aliphatic heterocycles. The Morgan fingerprint density at radius 1 is 1.03 bits per heavy atom. The van der Waals surface area contributed by atoms with Gasteiger partial charge in [0.05, 0.1) is 12.5 Å². The summed E-state index contributed by atoms with van der Waals surface area (Å²) in [5.74, 6) is 1.32. The van der Waals surface area contributed by atoms with Crippen LogP contribution in [0.1, 0.15) is 49.1 Å². The van der Waals surface area contributed by atoms with Crippen molar-refractivity contribution in [2.24, 2.45) is 5.92 Å². The van der Waals surface area contributed by atoms with Gasteiger partial charge in [0, 0.05) is 37.4 Å². The number of carbonyl (C=O) groups excluding carboxylic acids is 1. The van der Waals surface area contributed by atoms with Crippen LogP contribution in [0.15, 0.2) is 53.1 Å². The molecule has 7 heteroatoms. The molecule has 0 spiro atoms. The number of hydrogen-bond donors (Lipinski definition) is 1. The van der Waals surface area contributed by atoms with Crippen LogP contribution in [0.3, 0.4) is 0 Å². The van der Waals surface area contributed by atoms with Crippen LogP contribution in [0.2, 0.25) is 0 Å². The third-order valence-electron chi connectivity index (χ3n) is 7.21. The lowest BCUT2D eigenvalue weighted by Gasteiger charge is -2.31. The van der Waals surface area contributed by atoms with Gasteiger partial charge in [0.15, 0.2) is 0 Å². The van der Waals surface area contributed by atoms with E-state index in [1.165, 1.54) is 24.9 Å². The first kappa shape index (κ1) is 23.5. The van der Waals surface area contributed by atoms with Crippen LogP contribution in [0.5, 0.6) is 0 Å². The predicted octanol–water partition coefficient (Wildman–Crippen LogP) is 4.56. The Morgan fingerprint density at radius 2 is 1.83 bits per heavy atom. The fraction of sp³-hybridized carbons (Fsp3) is 0.464. The molecule has 184 valence electrons. The summed E-state index contributed by atoms with van der Waals surface area (Å²) in [6.45, 7) is 7.11. The van der Waals surface area contributed by atoms with Crippen molar-refractivity contribution in [1.29, 1.82) is 0 Å². The van der Waals surface area contributed by atoms with E-state index in [2.05, 4.69) is 49.5 Å². The predicted molar refractivity (Wildman–Crippen MR) is 137 cm³/mol. The molecule has 2 fully saturated rings. The van der Waals surface area contributed by atoms with Crippen LogP contribution in [0.25, 0.3) is 11.4 Å². The summed E-state index contributed by atoms with van der Waals surface area (Å²) < 4.78 is 5.52. The third kappa shape index (κ3) is 5.90. The fourth-order valence-corrected chi connectivity index (χ4v) is 5.17. The number of carbonyl (C=O) groups is 1. The summed E-state index contributed by atoms with van der Waals surface area (Å²) in [5, 5.41) is 7.32. The first-order valence-electron chi connectivity index (χ1n) is 12.9. The second-order valence-electron chi connectivity index (χ2n) is 9.83. The van der Waals surface area contributed by atoms with Gasteiger partial charge in [0.1, 0.15) is 0 Å². The molecule has 0 radical (unpaired) electrons. The molecule has 2 aliphatic rings. The van der Waals surface area contributed by atoms with Gasteiger partial charge < -0.3 is 14.7 Å². The number of amides is 1. The molecular formula is C28H35N5O2. The van der Waals surface area contributed by atoms with Crippen LogP contribution >= 0.6 is 0 Å². The van der Waals surface area contributed by atoms with Crippen molar-refractivity contribution in [1.82, 2.24) is 20.4 Å². The highest BCUT2D eigenvalue weighted by molar-refractivity contribution is 5.79. The molecule has 3 aromatic rings. The van der Waals surface area contributed by atoms with Gasteiger partial charge in [-0.2, -0.15) is 4.98 Å². The molecule has 1 aromatic heterocycles. The van der Waals surface area contributed by atoms with Crippen molar-refractivity contribution in [3.05, 3.63) is 65.5 Å². The number of aryl methyl sites for hydroxylation is 1. The zero-order valence-electron chi connectivity index (χ0n) is 20.6. The van der Waals surface area contributed by atoms with Gasteiger partial charge in [-0.05, 0) is 68.8 Å². The van der Waals surface area contributed by atoms with E-state index < -0.39 is 0 Å². The van der Waals surface area contributed by atoms with Crippen LogP contribution < -0.4 is 10.2 Å². The molecular weight excluding hydrogens is 438 g/mol. The molecule has 1 unspecified atom stereocenters. The number of piperidine rings is 2. The maximum Gasteiger partial charge on any atom is 0.241 e. The van der Waals surface area contributed by atoms with E-state index in [0.717, 1.165) is 49.2 Å². The Bertz CT molecular complexity index is 1120. The molecule has 2 aromatic carbocycles. The number of hydrogen-bond acceptors (Lipinski definition) is 6. The van der Waals surface area contributed by atoms with E-state index in [9.17, 15) is 4.79 Å². The Morgan fingerprint density at radius 3 is 2.63 bits per heavy atom. The molecule has 5 rings (SSSR count). The van der Waals surface area contributed by atoms with Crippen molar-refractivity contribution in [3.8, 4) is 11.4 Å². The number of rotatable bonds is 7. The van der Waals surface area contributed by atoms with Crippen molar-refractivity contribution in [3.63, 3.8) is 0 Å². The Kier molecular flexibility index (Phi) is 7.42. The van der Waals surface area contributed by atoms with Gasteiger partial charge in [-0.3, -0.25) is 9.69 Å². The van der Waals surface area contributed by atoms with Crippen molar-refractivity contribution in [2.75, 3.05) is 31.1 Å². The molecule has 1 amide bonds. The zero-order chi connectivity index (χ0) is 24.0. The average Bonchev–Trinajstić information content (AvgIpc) is 3.36. The first-order chi connectivity index (χ1) is 17.2. The summed E-state index contributed by atoms with van der Waals surface area (Å²) in [7, 11) is 0. The number of benzene rings is 2. The molecule has 1 N–H and O–H groups in total. The Balaban J connectivity index is 1.12. The molecule has 0 bridgehead atoms. The molecule has 2 saturated heterocycles. The quantitative estimate of drug-likeness (QED) is 0.542. The summed E-state index contributed by atoms with van der Waals surface area (Å²) in [5.41, 5.74) is 4.54. The molecule has 35 heavy (non-hydrogen) atoms. The van der Waals surface area contributed by atoms with Crippen LogP contribution in [-0.2, 0) is 17.9 Å². The number of aromatic nitrogens is 2. The highest BCUT2D eigenvalue weighted by atomic mass is 16.5. The van der Waals surface area contributed by atoms with Crippen molar-refractivity contribution >= 4 is 11.6 Å². The molecule has 3 heterocycles.